The van der Waals surface area contributed by atoms with Gasteiger partial charge in [-0.25, -0.2) is 0 Å². The summed E-state index contributed by atoms with van der Waals surface area (Å²) in [5.41, 5.74) is 2.01. The van der Waals surface area contributed by atoms with Crippen LogP contribution in [-0.4, -0.2) is 57.0 Å². The molecule has 25 heavy (non-hydrogen) atoms. The molecule has 0 aliphatic carbocycles. The van der Waals surface area contributed by atoms with Gasteiger partial charge in [-0.05, 0) is 25.5 Å². The second-order valence-electron chi connectivity index (χ2n) is 5.87. The minimum atomic E-state index is -1.33. The first kappa shape index (κ1) is 19.6. The van der Waals surface area contributed by atoms with E-state index in [0.717, 1.165) is 11.3 Å². The number of ether oxygens (including phenoxy) is 2. The maximum absolute atomic E-state index is 12.6. The van der Waals surface area contributed by atoms with Crippen molar-refractivity contribution in [3.63, 3.8) is 0 Å². The van der Waals surface area contributed by atoms with Crippen molar-refractivity contribution in [2.24, 2.45) is 0 Å². The van der Waals surface area contributed by atoms with Crippen molar-refractivity contribution in [1.29, 1.82) is 0 Å². The Kier molecular flexibility index (Phi) is 7.63. The van der Waals surface area contributed by atoms with Crippen molar-refractivity contribution in [2.75, 3.05) is 32.2 Å². The number of nitrogens with one attached hydrogen (secondary N) is 1. The molecule has 1 N–H and O–H groups in total. The van der Waals surface area contributed by atoms with E-state index in [0.29, 0.717) is 25.6 Å². The Labute approximate surface area is 151 Å². The predicted molar refractivity (Wildman–Crippen MR) is 96.7 cm³/mol. The van der Waals surface area contributed by atoms with Gasteiger partial charge in [0.2, 0.25) is 0 Å². The quantitative estimate of drug-likeness (QED) is 0.636. The van der Waals surface area contributed by atoms with E-state index in [-0.39, 0.29) is 11.3 Å². The van der Waals surface area contributed by atoms with Crippen LogP contribution < -0.4 is 4.72 Å². The Morgan fingerprint density at radius 1 is 1.28 bits per heavy atom. The van der Waals surface area contributed by atoms with Crippen molar-refractivity contribution >= 4 is 17.3 Å². The van der Waals surface area contributed by atoms with E-state index in [4.69, 9.17) is 9.47 Å². The van der Waals surface area contributed by atoms with Crippen LogP contribution >= 0.6 is 0 Å². The Hall–Kier alpha value is -1.68. The Bertz CT molecular complexity index is 631. The standard InChI is InChI=1S/C16H25N5O3S/c1-12-5-6-14(17-8-12)7-13(2)25(22)20-16-19-18-11-21(16)15(9-23-3)10-24-4/h5-6,8,11,13,15H,7,9-10H2,1-4H3,(H,19,20). The van der Waals surface area contributed by atoms with Gasteiger partial charge in [0.05, 0.1) is 30.6 Å². The lowest BCUT2D eigenvalue weighted by atomic mass is 10.2. The largest absolute Gasteiger partial charge is 0.593 e. The van der Waals surface area contributed by atoms with Crippen LogP contribution in [0.15, 0.2) is 24.7 Å². The number of aryl methyl sites for hydroxylation is 1. The number of aromatic nitrogens is 4. The molecule has 0 spiro atoms. The van der Waals surface area contributed by atoms with Crippen LogP contribution in [0, 0.1) is 6.92 Å². The second kappa shape index (κ2) is 9.71. The van der Waals surface area contributed by atoms with Gasteiger partial charge in [0.1, 0.15) is 11.6 Å². The molecule has 0 aliphatic heterocycles. The highest BCUT2D eigenvalue weighted by Crippen LogP contribution is 2.17. The van der Waals surface area contributed by atoms with Gasteiger partial charge in [-0.1, -0.05) is 6.07 Å². The molecule has 0 saturated heterocycles. The molecule has 2 aromatic heterocycles. The van der Waals surface area contributed by atoms with Gasteiger partial charge in [-0.3, -0.25) is 9.55 Å². The molecule has 2 aromatic rings. The highest BCUT2D eigenvalue weighted by molar-refractivity contribution is 7.93. The van der Waals surface area contributed by atoms with Crippen LogP contribution in [0.1, 0.15) is 24.2 Å². The second-order valence-corrected chi connectivity index (χ2v) is 7.47. The first-order valence-electron chi connectivity index (χ1n) is 8.01. The van der Waals surface area contributed by atoms with E-state index in [9.17, 15) is 4.55 Å². The lowest BCUT2D eigenvalue weighted by Crippen LogP contribution is -2.30. The number of hydrogen-bond acceptors (Lipinski definition) is 7. The van der Waals surface area contributed by atoms with E-state index in [2.05, 4.69) is 19.9 Å². The fraction of sp³-hybridized carbons (Fsp3) is 0.562. The zero-order chi connectivity index (χ0) is 18.2. The smallest absolute Gasteiger partial charge is 0.266 e. The number of methoxy groups -OCH3 is 2. The van der Waals surface area contributed by atoms with Crippen LogP contribution in [0.4, 0.5) is 5.95 Å². The Morgan fingerprint density at radius 3 is 2.60 bits per heavy atom. The number of nitrogens with zero attached hydrogens (tertiary/aromatic N) is 4. The van der Waals surface area contributed by atoms with Gasteiger partial charge in [0.15, 0.2) is 0 Å². The summed E-state index contributed by atoms with van der Waals surface area (Å²) in [5, 5.41) is 7.80. The van der Waals surface area contributed by atoms with Gasteiger partial charge in [-0.2, -0.15) is 4.72 Å². The number of anilines is 1. The minimum Gasteiger partial charge on any atom is -0.593 e. The van der Waals surface area contributed by atoms with E-state index in [1.165, 1.54) is 0 Å². The summed E-state index contributed by atoms with van der Waals surface area (Å²) in [7, 11) is 3.24. The highest BCUT2D eigenvalue weighted by atomic mass is 32.2. The molecule has 2 unspecified atom stereocenters. The van der Waals surface area contributed by atoms with Crippen LogP contribution in [0.3, 0.4) is 0 Å². The summed E-state index contributed by atoms with van der Waals surface area (Å²) in [4.78, 5) is 4.36. The molecule has 2 heterocycles. The third-order valence-corrected chi connectivity index (χ3v) is 4.99. The molecule has 0 radical (unpaired) electrons. The van der Waals surface area contributed by atoms with E-state index < -0.39 is 11.4 Å². The third kappa shape index (κ3) is 5.67. The van der Waals surface area contributed by atoms with E-state index in [1.807, 2.05) is 32.2 Å². The monoisotopic (exact) mass is 367 g/mol. The molecule has 0 saturated carbocycles. The molecular weight excluding hydrogens is 342 g/mol. The fourth-order valence-electron chi connectivity index (χ4n) is 2.36. The fourth-order valence-corrected chi connectivity index (χ4v) is 3.21. The highest BCUT2D eigenvalue weighted by Gasteiger charge is 2.23. The van der Waals surface area contributed by atoms with E-state index in [1.54, 1.807) is 25.1 Å². The number of pyridine rings is 1. The van der Waals surface area contributed by atoms with Crippen molar-refractivity contribution in [1.82, 2.24) is 19.7 Å². The predicted octanol–water partition coefficient (Wildman–Crippen LogP) is 1.52. The van der Waals surface area contributed by atoms with Crippen molar-refractivity contribution in [2.45, 2.75) is 31.6 Å². The summed E-state index contributed by atoms with van der Waals surface area (Å²) in [6.45, 7) is 4.78. The summed E-state index contributed by atoms with van der Waals surface area (Å²) in [6.07, 6.45) is 4.00. The molecule has 0 bridgehead atoms. The molecule has 138 valence electrons. The van der Waals surface area contributed by atoms with E-state index >= 15 is 0 Å². The molecule has 8 nitrogen and oxygen atoms in total. The number of hydrogen-bond donors (Lipinski definition) is 1. The average molecular weight is 367 g/mol. The van der Waals surface area contributed by atoms with Crippen LogP contribution in [0.5, 0.6) is 0 Å². The van der Waals surface area contributed by atoms with Crippen molar-refractivity contribution in [3.05, 3.63) is 35.9 Å². The molecule has 2 rings (SSSR count). The lowest BCUT2D eigenvalue weighted by molar-refractivity contribution is 0.0902. The normalized spacial score (nSPS) is 13.8. The molecule has 2 atom stereocenters. The Morgan fingerprint density at radius 2 is 2.00 bits per heavy atom. The third-order valence-electron chi connectivity index (χ3n) is 3.71. The van der Waals surface area contributed by atoms with Gasteiger partial charge in [0, 0.05) is 32.5 Å². The molecule has 0 fully saturated rings. The summed E-state index contributed by atoms with van der Waals surface area (Å²) in [5.74, 6) is 0.432. The maximum atomic E-state index is 12.6. The molecule has 0 aliphatic rings. The maximum Gasteiger partial charge on any atom is 0.266 e. The summed E-state index contributed by atoms with van der Waals surface area (Å²) >= 11 is -1.33. The summed E-state index contributed by atoms with van der Waals surface area (Å²) in [6, 6.07) is 3.86. The zero-order valence-electron chi connectivity index (χ0n) is 15.0. The topological polar surface area (TPSA) is 97.2 Å². The van der Waals surface area contributed by atoms with Gasteiger partial charge >= 0.3 is 0 Å². The van der Waals surface area contributed by atoms with Gasteiger partial charge < -0.3 is 14.0 Å². The first-order chi connectivity index (χ1) is 12.0. The SMILES string of the molecule is COCC(COC)n1cnnc1N[S+]([O-])C(C)Cc1ccc(C)cn1. The molecule has 9 heteroatoms. The first-order valence-corrected chi connectivity index (χ1v) is 9.22. The van der Waals surface area contributed by atoms with Gasteiger partial charge in [-0.15, -0.1) is 10.2 Å². The van der Waals surface area contributed by atoms with Crippen LogP contribution in [0.25, 0.3) is 0 Å². The lowest BCUT2D eigenvalue weighted by Gasteiger charge is -2.21. The molecular formula is C16H25N5O3S. The van der Waals surface area contributed by atoms with Crippen molar-refractivity contribution in [3.8, 4) is 0 Å². The Balaban J connectivity index is 2.01. The minimum absolute atomic E-state index is 0.0985. The average Bonchev–Trinajstić information content (AvgIpc) is 3.04. The van der Waals surface area contributed by atoms with Crippen LogP contribution in [-0.2, 0) is 27.3 Å². The summed E-state index contributed by atoms with van der Waals surface area (Å²) < 4.78 is 27.7. The zero-order valence-corrected chi connectivity index (χ0v) is 15.8. The van der Waals surface area contributed by atoms with Crippen LogP contribution in [0.2, 0.25) is 0 Å². The molecule has 0 amide bonds. The number of rotatable bonds is 10. The van der Waals surface area contributed by atoms with Gasteiger partial charge in [0.25, 0.3) is 5.95 Å². The van der Waals surface area contributed by atoms with Crippen molar-refractivity contribution < 1.29 is 14.0 Å². The molecule has 0 aromatic carbocycles.